The summed E-state index contributed by atoms with van der Waals surface area (Å²) in [5.74, 6) is 1.37. The standard InChI is InChI=1S/C15H24ClNO3/c1-12(2)10-17-11-13-14(16)4-3-5-15(13)20-9-8-19-7-6-18/h3-5,12,17-18H,6-11H2,1-2H3. The van der Waals surface area contributed by atoms with Gasteiger partial charge in [0.05, 0.1) is 19.8 Å². The number of aliphatic hydroxyl groups excluding tert-OH is 1. The van der Waals surface area contributed by atoms with Crippen molar-refractivity contribution in [2.75, 3.05) is 33.0 Å². The molecular formula is C15H24ClNO3. The van der Waals surface area contributed by atoms with Gasteiger partial charge >= 0.3 is 0 Å². The lowest BCUT2D eigenvalue weighted by Crippen LogP contribution is -2.20. The molecule has 0 aliphatic carbocycles. The maximum atomic E-state index is 8.61. The number of aliphatic hydroxyl groups is 1. The summed E-state index contributed by atoms with van der Waals surface area (Å²) < 4.78 is 10.9. The van der Waals surface area contributed by atoms with Gasteiger partial charge in [0.25, 0.3) is 0 Å². The summed E-state index contributed by atoms with van der Waals surface area (Å²) in [6.07, 6.45) is 0. The third kappa shape index (κ3) is 6.57. The second-order valence-electron chi connectivity index (χ2n) is 4.93. The SMILES string of the molecule is CC(C)CNCc1c(Cl)cccc1OCCOCCO. The molecule has 0 aliphatic heterocycles. The maximum Gasteiger partial charge on any atom is 0.125 e. The fraction of sp³-hybridized carbons (Fsp3) is 0.600. The number of halogens is 1. The molecule has 4 nitrogen and oxygen atoms in total. The fourth-order valence-electron chi connectivity index (χ4n) is 1.71. The molecule has 0 atom stereocenters. The monoisotopic (exact) mass is 301 g/mol. The fourth-order valence-corrected chi connectivity index (χ4v) is 1.94. The van der Waals surface area contributed by atoms with Crippen LogP contribution in [0.4, 0.5) is 0 Å². The van der Waals surface area contributed by atoms with Gasteiger partial charge in [-0.1, -0.05) is 31.5 Å². The van der Waals surface area contributed by atoms with E-state index in [1.165, 1.54) is 0 Å². The molecule has 20 heavy (non-hydrogen) atoms. The Balaban J connectivity index is 2.49. The van der Waals surface area contributed by atoms with E-state index in [2.05, 4.69) is 19.2 Å². The van der Waals surface area contributed by atoms with E-state index in [4.69, 9.17) is 26.2 Å². The molecule has 0 unspecified atom stereocenters. The molecular weight excluding hydrogens is 278 g/mol. The number of nitrogens with one attached hydrogen (secondary N) is 1. The van der Waals surface area contributed by atoms with Crippen molar-refractivity contribution in [1.29, 1.82) is 0 Å². The van der Waals surface area contributed by atoms with Crippen molar-refractivity contribution < 1.29 is 14.6 Å². The average Bonchev–Trinajstić information content (AvgIpc) is 2.41. The molecule has 0 radical (unpaired) electrons. The minimum absolute atomic E-state index is 0.0293. The maximum absolute atomic E-state index is 8.61. The predicted octanol–water partition coefficient (Wildman–Crippen LogP) is 2.47. The summed E-state index contributed by atoms with van der Waals surface area (Å²) in [5.41, 5.74) is 0.969. The van der Waals surface area contributed by atoms with Crippen LogP contribution >= 0.6 is 11.6 Å². The van der Waals surface area contributed by atoms with E-state index < -0.39 is 0 Å². The van der Waals surface area contributed by atoms with Crippen molar-refractivity contribution in [3.63, 3.8) is 0 Å². The van der Waals surface area contributed by atoms with Gasteiger partial charge < -0.3 is 19.9 Å². The molecule has 0 saturated heterocycles. The van der Waals surface area contributed by atoms with Crippen LogP contribution in [-0.2, 0) is 11.3 Å². The molecule has 0 fully saturated rings. The summed E-state index contributed by atoms with van der Waals surface area (Å²) >= 11 is 6.22. The first kappa shape index (κ1) is 17.2. The van der Waals surface area contributed by atoms with Crippen molar-refractivity contribution in [2.24, 2.45) is 5.92 Å². The Morgan fingerprint density at radius 2 is 2.05 bits per heavy atom. The third-order valence-corrected chi connectivity index (χ3v) is 3.01. The van der Waals surface area contributed by atoms with Gasteiger partial charge in [-0.05, 0) is 24.6 Å². The highest BCUT2D eigenvalue weighted by Crippen LogP contribution is 2.26. The molecule has 0 amide bonds. The normalized spacial score (nSPS) is 11.1. The molecule has 114 valence electrons. The van der Waals surface area contributed by atoms with Gasteiger partial charge in [0.2, 0.25) is 0 Å². The summed E-state index contributed by atoms with van der Waals surface area (Å²) in [5, 5.41) is 12.7. The van der Waals surface area contributed by atoms with Crippen LogP contribution in [-0.4, -0.2) is 38.1 Å². The first-order chi connectivity index (χ1) is 9.65. The van der Waals surface area contributed by atoms with Crippen LogP contribution in [0, 0.1) is 5.92 Å². The highest BCUT2D eigenvalue weighted by atomic mass is 35.5. The first-order valence-corrected chi connectivity index (χ1v) is 7.32. The molecule has 0 heterocycles. The number of hydrogen-bond donors (Lipinski definition) is 2. The minimum atomic E-state index is 0.0293. The lowest BCUT2D eigenvalue weighted by atomic mass is 10.1. The van der Waals surface area contributed by atoms with Gasteiger partial charge in [-0.25, -0.2) is 0 Å². The molecule has 0 spiro atoms. The Kier molecular flexibility index (Phi) is 8.62. The summed E-state index contributed by atoms with van der Waals surface area (Å²) in [7, 11) is 0. The molecule has 1 aromatic carbocycles. The van der Waals surface area contributed by atoms with E-state index in [-0.39, 0.29) is 6.61 Å². The lowest BCUT2D eigenvalue weighted by Gasteiger charge is -2.14. The molecule has 0 bridgehead atoms. The Hall–Kier alpha value is -0.810. The Labute approximate surface area is 126 Å². The number of ether oxygens (including phenoxy) is 2. The van der Waals surface area contributed by atoms with Crippen molar-refractivity contribution in [1.82, 2.24) is 5.32 Å². The molecule has 1 aromatic rings. The highest BCUT2D eigenvalue weighted by molar-refractivity contribution is 6.31. The van der Waals surface area contributed by atoms with E-state index in [0.29, 0.717) is 37.3 Å². The van der Waals surface area contributed by atoms with Gasteiger partial charge in [-0.3, -0.25) is 0 Å². The van der Waals surface area contributed by atoms with Crippen LogP contribution < -0.4 is 10.1 Å². The second kappa shape index (κ2) is 10.00. The van der Waals surface area contributed by atoms with E-state index in [9.17, 15) is 0 Å². The van der Waals surface area contributed by atoms with Gasteiger partial charge in [0.1, 0.15) is 12.4 Å². The largest absolute Gasteiger partial charge is 0.491 e. The minimum Gasteiger partial charge on any atom is -0.491 e. The van der Waals surface area contributed by atoms with Crippen LogP contribution in [0.3, 0.4) is 0 Å². The van der Waals surface area contributed by atoms with Crippen LogP contribution in [0.15, 0.2) is 18.2 Å². The molecule has 1 rings (SSSR count). The van der Waals surface area contributed by atoms with E-state index in [1.54, 1.807) is 0 Å². The van der Waals surface area contributed by atoms with Crippen LogP contribution in [0.25, 0.3) is 0 Å². The Bertz CT molecular complexity index is 385. The smallest absolute Gasteiger partial charge is 0.125 e. The van der Waals surface area contributed by atoms with Gasteiger partial charge in [0.15, 0.2) is 0 Å². The van der Waals surface area contributed by atoms with E-state index in [0.717, 1.165) is 17.9 Å². The highest BCUT2D eigenvalue weighted by Gasteiger charge is 2.08. The summed E-state index contributed by atoms with van der Waals surface area (Å²) in [6, 6.07) is 5.64. The zero-order valence-electron chi connectivity index (χ0n) is 12.2. The number of benzene rings is 1. The summed E-state index contributed by atoms with van der Waals surface area (Å²) in [6.45, 7) is 7.20. The van der Waals surface area contributed by atoms with Crippen LogP contribution in [0.5, 0.6) is 5.75 Å². The summed E-state index contributed by atoms with van der Waals surface area (Å²) in [4.78, 5) is 0. The molecule has 0 aromatic heterocycles. The second-order valence-corrected chi connectivity index (χ2v) is 5.33. The Morgan fingerprint density at radius 3 is 2.75 bits per heavy atom. The molecule has 0 saturated carbocycles. The van der Waals surface area contributed by atoms with Gasteiger partial charge in [-0.15, -0.1) is 0 Å². The quantitative estimate of drug-likeness (QED) is 0.652. The third-order valence-electron chi connectivity index (χ3n) is 2.65. The average molecular weight is 302 g/mol. The molecule has 0 aliphatic rings. The molecule has 2 N–H and O–H groups in total. The zero-order chi connectivity index (χ0) is 14.8. The van der Waals surface area contributed by atoms with Crippen LogP contribution in [0.2, 0.25) is 5.02 Å². The van der Waals surface area contributed by atoms with E-state index >= 15 is 0 Å². The van der Waals surface area contributed by atoms with Crippen molar-refractivity contribution in [3.05, 3.63) is 28.8 Å². The molecule has 5 heteroatoms. The van der Waals surface area contributed by atoms with Crippen molar-refractivity contribution in [3.8, 4) is 5.75 Å². The van der Waals surface area contributed by atoms with Crippen LogP contribution in [0.1, 0.15) is 19.4 Å². The predicted molar refractivity (Wildman–Crippen MR) is 81.4 cm³/mol. The van der Waals surface area contributed by atoms with Crippen molar-refractivity contribution >= 4 is 11.6 Å². The number of rotatable bonds is 10. The lowest BCUT2D eigenvalue weighted by molar-refractivity contribution is 0.0703. The van der Waals surface area contributed by atoms with E-state index in [1.807, 2.05) is 18.2 Å². The Morgan fingerprint density at radius 1 is 1.25 bits per heavy atom. The van der Waals surface area contributed by atoms with Crippen molar-refractivity contribution in [2.45, 2.75) is 20.4 Å². The topological polar surface area (TPSA) is 50.7 Å². The van der Waals surface area contributed by atoms with Gasteiger partial charge in [-0.2, -0.15) is 0 Å². The first-order valence-electron chi connectivity index (χ1n) is 6.94. The van der Waals surface area contributed by atoms with Gasteiger partial charge in [0, 0.05) is 17.1 Å². The zero-order valence-corrected chi connectivity index (χ0v) is 12.9. The number of hydrogen-bond acceptors (Lipinski definition) is 4.